The Morgan fingerprint density at radius 2 is 1.89 bits per heavy atom. The van der Waals surface area contributed by atoms with E-state index < -0.39 is 0 Å². The SMILES string of the molecule is CC(CCc1ccccc1)N=C(N)NC(C)(C)C. The van der Waals surface area contributed by atoms with Crippen molar-refractivity contribution in [3.05, 3.63) is 35.9 Å². The van der Waals surface area contributed by atoms with Gasteiger partial charge in [0, 0.05) is 5.54 Å². The maximum atomic E-state index is 5.87. The molecule has 1 rings (SSSR count). The molecule has 3 heteroatoms. The first-order chi connectivity index (χ1) is 8.37. The number of aryl methyl sites for hydroxylation is 1. The molecule has 0 heterocycles. The molecular weight excluding hydrogens is 222 g/mol. The van der Waals surface area contributed by atoms with Gasteiger partial charge in [-0.15, -0.1) is 0 Å². The van der Waals surface area contributed by atoms with Crippen molar-refractivity contribution >= 4 is 5.96 Å². The van der Waals surface area contributed by atoms with E-state index in [9.17, 15) is 0 Å². The van der Waals surface area contributed by atoms with Crippen LogP contribution in [0.4, 0.5) is 0 Å². The fraction of sp³-hybridized carbons (Fsp3) is 0.533. The Kier molecular flexibility index (Phi) is 5.20. The fourth-order valence-corrected chi connectivity index (χ4v) is 1.74. The maximum absolute atomic E-state index is 5.87. The zero-order chi connectivity index (χ0) is 13.6. The normalized spacial score (nSPS) is 14.3. The van der Waals surface area contributed by atoms with Crippen LogP contribution in [0.5, 0.6) is 0 Å². The topological polar surface area (TPSA) is 50.4 Å². The molecule has 0 spiro atoms. The summed E-state index contributed by atoms with van der Waals surface area (Å²) in [6.45, 7) is 8.32. The van der Waals surface area contributed by atoms with Gasteiger partial charge in [0.25, 0.3) is 0 Å². The molecule has 1 atom stereocenters. The molecule has 0 fully saturated rings. The van der Waals surface area contributed by atoms with Crippen LogP contribution in [-0.4, -0.2) is 17.5 Å². The molecule has 1 aromatic carbocycles. The minimum Gasteiger partial charge on any atom is -0.370 e. The fourth-order valence-electron chi connectivity index (χ4n) is 1.74. The second-order valence-electron chi connectivity index (χ2n) is 5.76. The molecule has 0 aliphatic heterocycles. The van der Waals surface area contributed by atoms with Crippen LogP contribution < -0.4 is 11.1 Å². The van der Waals surface area contributed by atoms with E-state index in [1.807, 2.05) is 6.07 Å². The number of guanidine groups is 1. The predicted molar refractivity (Wildman–Crippen MR) is 78.7 cm³/mol. The molecule has 3 nitrogen and oxygen atoms in total. The average molecular weight is 247 g/mol. The lowest BCUT2D eigenvalue weighted by molar-refractivity contribution is 0.505. The van der Waals surface area contributed by atoms with Gasteiger partial charge in [0.2, 0.25) is 0 Å². The van der Waals surface area contributed by atoms with Crippen molar-refractivity contribution < 1.29 is 0 Å². The summed E-state index contributed by atoms with van der Waals surface area (Å²) in [5.41, 5.74) is 7.18. The molecular formula is C15H25N3. The lowest BCUT2D eigenvalue weighted by atomic mass is 10.1. The summed E-state index contributed by atoms with van der Waals surface area (Å²) in [4.78, 5) is 4.46. The van der Waals surface area contributed by atoms with Crippen molar-refractivity contribution in [1.29, 1.82) is 0 Å². The molecule has 0 aliphatic rings. The first-order valence-corrected chi connectivity index (χ1v) is 6.52. The van der Waals surface area contributed by atoms with Crippen LogP contribution in [0.25, 0.3) is 0 Å². The summed E-state index contributed by atoms with van der Waals surface area (Å²) >= 11 is 0. The molecule has 0 amide bonds. The van der Waals surface area contributed by atoms with E-state index >= 15 is 0 Å². The number of rotatable bonds is 4. The van der Waals surface area contributed by atoms with E-state index in [-0.39, 0.29) is 11.6 Å². The van der Waals surface area contributed by atoms with Crippen LogP contribution in [0, 0.1) is 0 Å². The molecule has 0 saturated carbocycles. The third-order valence-electron chi connectivity index (χ3n) is 2.56. The smallest absolute Gasteiger partial charge is 0.189 e. The van der Waals surface area contributed by atoms with Gasteiger partial charge in [0.1, 0.15) is 0 Å². The second kappa shape index (κ2) is 6.43. The minimum atomic E-state index is -0.0350. The van der Waals surface area contributed by atoms with Gasteiger partial charge < -0.3 is 11.1 Å². The van der Waals surface area contributed by atoms with Crippen molar-refractivity contribution in [2.75, 3.05) is 0 Å². The number of nitrogens with two attached hydrogens (primary N) is 1. The molecule has 1 aromatic rings. The summed E-state index contributed by atoms with van der Waals surface area (Å²) < 4.78 is 0. The van der Waals surface area contributed by atoms with Gasteiger partial charge in [-0.3, -0.25) is 4.99 Å². The average Bonchev–Trinajstić information content (AvgIpc) is 2.25. The van der Waals surface area contributed by atoms with Crippen LogP contribution in [0.2, 0.25) is 0 Å². The Morgan fingerprint density at radius 3 is 2.44 bits per heavy atom. The lowest BCUT2D eigenvalue weighted by Gasteiger charge is -2.21. The van der Waals surface area contributed by atoms with E-state index in [2.05, 4.69) is 62.3 Å². The van der Waals surface area contributed by atoms with Gasteiger partial charge >= 0.3 is 0 Å². The molecule has 100 valence electrons. The van der Waals surface area contributed by atoms with E-state index in [4.69, 9.17) is 5.73 Å². The van der Waals surface area contributed by atoms with E-state index in [0.29, 0.717) is 5.96 Å². The number of hydrogen-bond acceptors (Lipinski definition) is 1. The lowest BCUT2D eigenvalue weighted by Crippen LogP contribution is -2.45. The first kappa shape index (κ1) is 14.6. The molecule has 3 N–H and O–H groups in total. The second-order valence-corrected chi connectivity index (χ2v) is 5.76. The van der Waals surface area contributed by atoms with Gasteiger partial charge in [-0.2, -0.15) is 0 Å². The van der Waals surface area contributed by atoms with Crippen molar-refractivity contribution in [3.63, 3.8) is 0 Å². The number of nitrogens with one attached hydrogen (secondary N) is 1. The molecule has 1 unspecified atom stereocenters. The summed E-state index contributed by atoms with van der Waals surface area (Å²) in [7, 11) is 0. The first-order valence-electron chi connectivity index (χ1n) is 6.52. The Bertz CT molecular complexity index is 376. The van der Waals surface area contributed by atoms with E-state index in [0.717, 1.165) is 12.8 Å². The Labute approximate surface area is 111 Å². The Hall–Kier alpha value is -1.51. The highest BCUT2D eigenvalue weighted by atomic mass is 15.1. The standard InChI is InChI=1S/C15H25N3/c1-12(17-14(16)18-15(2,3)4)10-11-13-8-6-5-7-9-13/h5-9,12H,10-11H2,1-4H3,(H3,16,17,18). The predicted octanol–water partition coefficient (Wildman–Crippen LogP) is 2.71. The van der Waals surface area contributed by atoms with E-state index in [1.165, 1.54) is 5.56 Å². The maximum Gasteiger partial charge on any atom is 0.189 e. The van der Waals surface area contributed by atoms with Crippen LogP contribution in [-0.2, 0) is 6.42 Å². The van der Waals surface area contributed by atoms with Gasteiger partial charge in [0.05, 0.1) is 6.04 Å². The monoisotopic (exact) mass is 247 g/mol. The molecule has 0 aliphatic carbocycles. The number of benzene rings is 1. The van der Waals surface area contributed by atoms with Crippen molar-refractivity contribution in [3.8, 4) is 0 Å². The van der Waals surface area contributed by atoms with Crippen molar-refractivity contribution in [2.24, 2.45) is 10.7 Å². The third kappa shape index (κ3) is 6.28. The Morgan fingerprint density at radius 1 is 1.28 bits per heavy atom. The van der Waals surface area contributed by atoms with Crippen LogP contribution >= 0.6 is 0 Å². The molecule has 18 heavy (non-hydrogen) atoms. The quantitative estimate of drug-likeness (QED) is 0.635. The summed E-state index contributed by atoms with van der Waals surface area (Å²) in [6.07, 6.45) is 2.05. The van der Waals surface area contributed by atoms with Crippen LogP contribution in [0.3, 0.4) is 0 Å². The van der Waals surface area contributed by atoms with Gasteiger partial charge in [-0.05, 0) is 46.1 Å². The van der Waals surface area contributed by atoms with Gasteiger partial charge in [-0.1, -0.05) is 30.3 Å². The summed E-state index contributed by atoms with van der Waals surface area (Å²) in [5, 5.41) is 3.18. The summed E-state index contributed by atoms with van der Waals surface area (Å²) in [5.74, 6) is 0.531. The van der Waals surface area contributed by atoms with Gasteiger partial charge in [-0.25, -0.2) is 0 Å². The number of nitrogens with zero attached hydrogens (tertiary/aromatic N) is 1. The molecule has 0 radical (unpaired) electrons. The van der Waals surface area contributed by atoms with E-state index in [1.54, 1.807) is 0 Å². The summed E-state index contributed by atoms with van der Waals surface area (Å²) in [6, 6.07) is 10.7. The molecule has 0 aromatic heterocycles. The zero-order valence-corrected chi connectivity index (χ0v) is 11.9. The van der Waals surface area contributed by atoms with Gasteiger partial charge in [0.15, 0.2) is 5.96 Å². The minimum absolute atomic E-state index is 0.0350. The highest BCUT2D eigenvalue weighted by molar-refractivity contribution is 5.78. The number of hydrogen-bond donors (Lipinski definition) is 2. The number of aliphatic imine (C=N–C) groups is 1. The van der Waals surface area contributed by atoms with Crippen molar-refractivity contribution in [2.45, 2.75) is 52.1 Å². The van der Waals surface area contributed by atoms with Crippen LogP contribution in [0.1, 0.15) is 39.7 Å². The zero-order valence-electron chi connectivity index (χ0n) is 11.9. The Balaban J connectivity index is 2.42. The largest absolute Gasteiger partial charge is 0.370 e. The molecule has 0 saturated heterocycles. The molecule has 0 bridgehead atoms. The van der Waals surface area contributed by atoms with Crippen molar-refractivity contribution in [1.82, 2.24) is 5.32 Å². The highest BCUT2D eigenvalue weighted by Gasteiger charge is 2.10. The van der Waals surface area contributed by atoms with Crippen LogP contribution in [0.15, 0.2) is 35.3 Å². The third-order valence-corrected chi connectivity index (χ3v) is 2.56. The highest BCUT2D eigenvalue weighted by Crippen LogP contribution is 2.07.